The summed E-state index contributed by atoms with van der Waals surface area (Å²) in [6, 6.07) is 8.41. The van der Waals surface area contributed by atoms with Gasteiger partial charge in [-0.3, -0.25) is 4.79 Å². The van der Waals surface area contributed by atoms with Crippen molar-refractivity contribution in [2.45, 2.75) is 32.7 Å². The maximum absolute atomic E-state index is 11.6. The second-order valence-electron chi connectivity index (χ2n) is 5.21. The Bertz CT molecular complexity index is 820. The molecule has 0 amide bonds. The zero-order chi connectivity index (χ0) is 14.8. The number of benzene rings is 1. The van der Waals surface area contributed by atoms with Crippen LogP contribution in [0.5, 0.6) is 0 Å². The van der Waals surface area contributed by atoms with Gasteiger partial charge in [-0.2, -0.15) is 0 Å². The third kappa shape index (κ3) is 2.56. The van der Waals surface area contributed by atoms with Gasteiger partial charge in [-0.05, 0) is 23.5 Å². The second kappa shape index (κ2) is 5.47. The molecule has 0 saturated carbocycles. The molecule has 0 aliphatic heterocycles. The van der Waals surface area contributed by atoms with Crippen LogP contribution in [0.1, 0.15) is 37.3 Å². The summed E-state index contributed by atoms with van der Waals surface area (Å²) < 4.78 is 1.65. The van der Waals surface area contributed by atoms with E-state index in [0.29, 0.717) is 18.1 Å². The first-order chi connectivity index (χ1) is 10.2. The molecule has 0 saturated heterocycles. The van der Waals surface area contributed by atoms with Crippen molar-refractivity contribution in [1.29, 1.82) is 0 Å². The quantitative estimate of drug-likeness (QED) is 0.795. The molecule has 1 N–H and O–H groups in total. The fraction of sp³-hybridized carbons (Fsp3) is 0.333. The lowest BCUT2D eigenvalue weighted by molar-refractivity contribution is 0.661. The van der Waals surface area contributed by atoms with Crippen molar-refractivity contribution in [1.82, 2.24) is 25.0 Å². The van der Waals surface area contributed by atoms with Crippen LogP contribution in [0.2, 0.25) is 0 Å². The van der Waals surface area contributed by atoms with Crippen LogP contribution in [0.25, 0.3) is 11.2 Å². The van der Waals surface area contributed by atoms with Gasteiger partial charge in [0.25, 0.3) is 5.56 Å². The standard InChI is InChI=1S/C15H17N5O/c1-3-10(2)12-6-4-5-11(7-12)8-20-14-13(18-19-20)15(21)17-9-16-14/h4-7,9-10H,3,8H2,1-2H3,(H,16,17,21). The predicted molar refractivity (Wildman–Crippen MR) is 80.2 cm³/mol. The molecule has 0 fully saturated rings. The van der Waals surface area contributed by atoms with Gasteiger partial charge in [0, 0.05) is 0 Å². The van der Waals surface area contributed by atoms with Crippen LogP contribution >= 0.6 is 0 Å². The smallest absolute Gasteiger partial charge is 0.280 e. The lowest BCUT2D eigenvalue weighted by atomic mass is 9.97. The first-order valence-corrected chi connectivity index (χ1v) is 7.04. The molecular formula is C15H17N5O. The highest BCUT2D eigenvalue weighted by molar-refractivity contribution is 5.67. The molecule has 0 aliphatic rings. The highest BCUT2D eigenvalue weighted by Gasteiger charge is 2.10. The van der Waals surface area contributed by atoms with Gasteiger partial charge in [0.1, 0.15) is 0 Å². The Balaban J connectivity index is 1.96. The summed E-state index contributed by atoms with van der Waals surface area (Å²) in [5.74, 6) is 0.526. The molecule has 6 heteroatoms. The van der Waals surface area contributed by atoms with Gasteiger partial charge in [-0.15, -0.1) is 5.10 Å². The fourth-order valence-corrected chi connectivity index (χ4v) is 2.32. The molecule has 1 unspecified atom stereocenters. The van der Waals surface area contributed by atoms with Crippen LogP contribution in [0.15, 0.2) is 35.4 Å². The van der Waals surface area contributed by atoms with E-state index < -0.39 is 0 Å². The van der Waals surface area contributed by atoms with Crippen LogP contribution < -0.4 is 5.56 Å². The van der Waals surface area contributed by atoms with Gasteiger partial charge >= 0.3 is 0 Å². The highest BCUT2D eigenvalue weighted by atomic mass is 16.1. The molecule has 1 aromatic carbocycles. The van der Waals surface area contributed by atoms with Crippen molar-refractivity contribution in [3.8, 4) is 0 Å². The molecule has 21 heavy (non-hydrogen) atoms. The molecule has 0 bridgehead atoms. The van der Waals surface area contributed by atoms with E-state index in [0.717, 1.165) is 12.0 Å². The average molecular weight is 283 g/mol. The lowest BCUT2D eigenvalue weighted by Crippen LogP contribution is -2.08. The van der Waals surface area contributed by atoms with E-state index in [9.17, 15) is 4.79 Å². The summed E-state index contributed by atoms with van der Waals surface area (Å²) in [5, 5.41) is 7.93. The van der Waals surface area contributed by atoms with Crippen LogP contribution in [0.3, 0.4) is 0 Å². The molecule has 3 rings (SSSR count). The van der Waals surface area contributed by atoms with Crippen LogP contribution in [-0.4, -0.2) is 25.0 Å². The van der Waals surface area contributed by atoms with Gasteiger partial charge in [0.05, 0.1) is 12.9 Å². The number of nitrogens with zero attached hydrogens (tertiary/aromatic N) is 4. The maximum atomic E-state index is 11.6. The van der Waals surface area contributed by atoms with Gasteiger partial charge in [-0.25, -0.2) is 9.67 Å². The second-order valence-corrected chi connectivity index (χ2v) is 5.21. The van der Waals surface area contributed by atoms with Gasteiger partial charge < -0.3 is 4.98 Å². The number of nitrogens with one attached hydrogen (secondary N) is 1. The largest absolute Gasteiger partial charge is 0.311 e. The molecule has 3 aromatic rings. The minimum atomic E-state index is -0.264. The van der Waals surface area contributed by atoms with Crippen molar-refractivity contribution in [2.24, 2.45) is 0 Å². The van der Waals surface area contributed by atoms with Crippen molar-refractivity contribution in [2.75, 3.05) is 0 Å². The number of aromatic amines is 1. The molecule has 0 spiro atoms. The summed E-state index contributed by atoms with van der Waals surface area (Å²) in [6.07, 6.45) is 2.48. The molecule has 0 radical (unpaired) electrons. The number of rotatable bonds is 4. The van der Waals surface area contributed by atoms with Crippen LogP contribution in [0.4, 0.5) is 0 Å². The van der Waals surface area contributed by atoms with Gasteiger partial charge in [0.2, 0.25) is 0 Å². The normalized spacial score (nSPS) is 12.7. The van der Waals surface area contributed by atoms with Crippen LogP contribution in [0, 0.1) is 0 Å². The first-order valence-electron chi connectivity index (χ1n) is 7.04. The van der Waals surface area contributed by atoms with E-state index in [1.54, 1.807) is 4.68 Å². The van der Waals surface area contributed by atoms with E-state index >= 15 is 0 Å². The number of H-pyrrole nitrogens is 1. The zero-order valence-corrected chi connectivity index (χ0v) is 12.1. The number of aromatic nitrogens is 5. The van der Waals surface area contributed by atoms with Crippen molar-refractivity contribution in [3.05, 3.63) is 52.1 Å². The summed E-state index contributed by atoms with van der Waals surface area (Å²) in [4.78, 5) is 18.3. The van der Waals surface area contributed by atoms with E-state index in [4.69, 9.17) is 0 Å². The Hall–Kier alpha value is -2.50. The minimum absolute atomic E-state index is 0.264. The van der Waals surface area contributed by atoms with E-state index in [2.05, 4.69) is 52.3 Å². The summed E-state index contributed by atoms with van der Waals surface area (Å²) in [6.45, 7) is 4.95. The SMILES string of the molecule is CCC(C)c1cccc(Cn2nnc3c(=O)[nH]cnc32)c1. The highest BCUT2D eigenvalue weighted by Crippen LogP contribution is 2.20. The Kier molecular flexibility index (Phi) is 3.51. The third-order valence-corrected chi connectivity index (χ3v) is 3.77. The number of hydrogen-bond acceptors (Lipinski definition) is 4. The molecule has 108 valence electrons. The van der Waals surface area contributed by atoms with Crippen LogP contribution in [-0.2, 0) is 6.54 Å². The Morgan fingerprint density at radius 2 is 2.24 bits per heavy atom. The molecule has 6 nitrogen and oxygen atoms in total. The monoisotopic (exact) mass is 283 g/mol. The molecule has 0 aliphatic carbocycles. The maximum Gasteiger partial charge on any atom is 0.280 e. The Morgan fingerprint density at radius 3 is 3.05 bits per heavy atom. The molecule has 2 aromatic heterocycles. The third-order valence-electron chi connectivity index (χ3n) is 3.77. The summed E-state index contributed by atoms with van der Waals surface area (Å²) in [5.41, 5.74) is 2.95. The first kappa shape index (κ1) is 13.5. The molecule has 1 atom stereocenters. The fourth-order valence-electron chi connectivity index (χ4n) is 2.32. The Labute approximate surface area is 121 Å². The minimum Gasteiger partial charge on any atom is -0.311 e. The zero-order valence-electron chi connectivity index (χ0n) is 12.1. The summed E-state index contributed by atoms with van der Waals surface area (Å²) >= 11 is 0. The molecule has 2 heterocycles. The topological polar surface area (TPSA) is 76.5 Å². The van der Waals surface area contributed by atoms with Crippen molar-refractivity contribution >= 4 is 11.2 Å². The van der Waals surface area contributed by atoms with Gasteiger partial charge in [-0.1, -0.05) is 43.3 Å². The van der Waals surface area contributed by atoms with E-state index in [1.807, 2.05) is 6.07 Å². The number of fused-ring (bicyclic) bond motifs is 1. The lowest BCUT2D eigenvalue weighted by Gasteiger charge is -2.10. The van der Waals surface area contributed by atoms with Gasteiger partial charge in [0.15, 0.2) is 11.2 Å². The summed E-state index contributed by atoms with van der Waals surface area (Å²) in [7, 11) is 0. The van der Waals surface area contributed by atoms with E-state index in [1.165, 1.54) is 11.9 Å². The number of hydrogen-bond donors (Lipinski definition) is 1. The Morgan fingerprint density at radius 1 is 1.38 bits per heavy atom. The van der Waals surface area contributed by atoms with E-state index in [-0.39, 0.29) is 11.1 Å². The van der Waals surface area contributed by atoms with Crippen molar-refractivity contribution in [3.63, 3.8) is 0 Å². The average Bonchev–Trinajstić information content (AvgIpc) is 2.91. The predicted octanol–water partition coefficient (Wildman–Crippen LogP) is 2.08. The van der Waals surface area contributed by atoms with Crippen molar-refractivity contribution < 1.29 is 0 Å². The molecular weight excluding hydrogens is 266 g/mol.